The Morgan fingerprint density at radius 3 is 2.74 bits per heavy atom. The topological polar surface area (TPSA) is 75.6 Å². The molecule has 0 fully saturated rings. The van der Waals surface area contributed by atoms with Crippen LogP contribution in [-0.2, 0) is 10.0 Å². The zero-order valence-corrected chi connectivity index (χ0v) is 12.5. The van der Waals surface area contributed by atoms with Crippen molar-refractivity contribution in [1.82, 2.24) is 4.72 Å². The lowest BCUT2D eigenvalue weighted by Gasteiger charge is -2.13. The molecule has 5 nitrogen and oxygen atoms in total. The summed E-state index contributed by atoms with van der Waals surface area (Å²) in [7, 11) is -2.26. The second kappa shape index (κ2) is 7.09. The third-order valence-electron chi connectivity index (χ3n) is 2.66. The number of benzene rings is 1. The lowest BCUT2D eigenvalue weighted by Crippen LogP contribution is -2.29. The van der Waals surface area contributed by atoms with Crippen LogP contribution < -0.4 is 9.46 Å². The van der Waals surface area contributed by atoms with Crippen molar-refractivity contribution >= 4 is 21.6 Å². The fraction of sp³-hybridized carbons (Fsp3) is 0.500. The van der Waals surface area contributed by atoms with E-state index >= 15 is 0 Å². The Kier molecular flexibility index (Phi) is 6.06. The number of aliphatic hydroxyl groups excluding tert-OH is 1. The van der Waals surface area contributed by atoms with Gasteiger partial charge in [0.15, 0.2) is 0 Å². The van der Waals surface area contributed by atoms with Gasteiger partial charge in [0, 0.05) is 24.2 Å². The Labute approximate surface area is 118 Å². The summed E-state index contributed by atoms with van der Waals surface area (Å²) in [6.07, 6.45) is 0.542. The number of hydrogen-bond donors (Lipinski definition) is 2. The van der Waals surface area contributed by atoms with E-state index in [1.54, 1.807) is 0 Å². The molecule has 0 radical (unpaired) electrons. The number of nitrogens with one attached hydrogen (secondary N) is 1. The minimum absolute atomic E-state index is 0.0349. The monoisotopic (exact) mass is 307 g/mol. The van der Waals surface area contributed by atoms with Crippen molar-refractivity contribution in [1.29, 1.82) is 0 Å². The summed E-state index contributed by atoms with van der Waals surface area (Å²) in [6, 6.07) is 4.35. The average molecular weight is 308 g/mol. The van der Waals surface area contributed by atoms with Gasteiger partial charge in [0.05, 0.1) is 7.11 Å². The maximum Gasteiger partial charge on any atom is 0.244 e. The van der Waals surface area contributed by atoms with Gasteiger partial charge in [-0.25, -0.2) is 13.1 Å². The summed E-state index contributed by atoms with van der Waals surface area (Å²) >= 11 is 5.79. The highest BCUT2D eigenvalue weighted by Gasteiger charge is 2.20. The maximum absolute atomic E-state index is 12.1. The highest BCUT2D eigenvalue weighted by Crippen LogP contribution is 2.27. The molecular formula is C12H18ClNO4S. The number of halogens is 1. The number of hydrogen-bond acceptors (Lipinski definition) is 4. The molecular weight excluding hydrogens is 290 g/mol. The summed E-state index contributed by atoms with van der Waals surface area (Å²) in [4.78, 5) is 0.0515. The van der Waals surface area contributed by atoms with E-state index in [-0.39, 0.29) is 29.7 Å². The van der Waals surface area contributed by atoms with Crippen LogP contribution in [0.3, 0.4) is 0 Å². The Balaban J connectivity index is 2.88. The third kappa shape index (κ3) is 4.65. The molecule has 1 unspecified atom stereocenters. The van der Waals surface area contributed by atoms with Crippen molar-refractivity contribution in [2.75, 3.05) is 20.3 Å². The molecule has 0 aliphatic carbocycles. The molecule has 0 heterocycles. The second-order valence-electron chi connectivity index (χ2n) is 4.26. The van der Waals surface area contributed by atoms with Gasteiger partial charge in [-0.05, 0) is 24.5 Å². The van der Waals surface area contributed by atoms with E-state index in [9.17, 15) is 8.42 Å². The van der Waals surface area contributed by atoms with Crippen LogP contribution in [0, 0.1) is 5.92 Å². The van der Waals surface area contributed by atoms with Gasteiger partial charge in [0.2, 0.25) is 10.0 Å². The zero-order chi connectivity index (χ0) is 14.5. The van der Waals surface area contributed by atoms with Crippen LogP contribution in [0.25, 0.3) is 0 Å². The van der Waals surface area contributed by atoms with Crippen LogP contribution in [-0.4, -0.2) is 33.8 Å². The van der Waals surface area contributed by atoms with E-state index in [1.165, 1.54) is 25.3 Å². The fourth-order valence-electron chi connectivity index (χ4n) is 1.52. The van der Waals surface area contributed by atoms with Crippen LogP contribution in [0.1, 0.15) is 13.3 Å². The standard InChI is InChI=1S/C12H18ClNO4S/c1-9(5-6-15)8-14-19(16,17)12-4-3-10(13)7-11(12)18-2/h3-4,7,9,14-15H,5-6,8H2,1-2H3. The first-order chi connectivity index (χ1) is 8.90. The summed E-state index contributed by atoms with van der Waals surface area (Å²) in [6.45, 7) is 2.15. The van der Waals surface area contributed by atoms with Crippen molar-refractivity contribution < 1.29 is 18.3 Å². The van der Waals surface area contributed by atoms with Crippen molar-refractivity contribution in [3.8, 4) is 5.75 Å². The smallest absolute Gasteiger partial charge is 0.244 e. The molecule has 19 heavy (non-hydrogen) atoms. The Morgan fingerprint density at radius 2 is 2.16 bits per heavy atom. The molecule has 2 N–H and O–H groups in total. The van der Waals surface area contributed by atoms with E-state index < -0.39 is 10.0 Å². The highest BCUT2D eigenvalue weighted by atomic mass is 35.5. The van der Waals surface area contributed by atoms with E-state index in [4.69, 9.17) is 21.4 Å². The van der Waals surface area contributed by atoms with Crippen LogP contribution in [0.5, 0.6) is 5.75 Å². The molecule has 1 aromatic carbocycles. The Bertz CT molecular complexity index is 518. The predicted octanol–water partition coefficient (Wildman–Crippen LogP) is 1.65. The van der Waals surface area contributed by atoms with E-state index in [1.807, 2.05) is 6.92 Å². The van der Waals surface area contributed by atoms with Crippen LogP contribution in [0.15, 0.2) is 23.1 Å². The van der Waals surface area contributed by atoms with Gasteiger partial charge in [-0.1, -0.05) is 18.5 Å². The number of ether oxygens (including phenoxy) is 1. The van der Waals surface area contributed by atoms with Crippen LogP contribution in [0.4, 0.5) is 0 Å². The fourth-order valence-corrected chi connectivity index (χ4v) is 2.99. The Hall–Kier alpha value is -0.820. The Morgan fingerprint density at radius 1 is 1.47 bits per heavy atom. The molecule has 0 spiro atoms. The summed E-state index contributed by atoms with van der Waals surface area (Å²) < 4.78 is 31.8. The maximum atomic E-state index is 12.1. The van der Waals surface area contributed by atoms with Crippen molar-refractivity contribution in [2.24, 2.45) is 5.92 Å². The number of methoxy groups -OCH3 is 1. The summed E-state index contributed by atoms with van der Waals surface area (Å²) in [5.41, 5.74) is 0. The first kappa shape index (κ1) is 16.2. The highest BCUT2D eigenvalue weighted by molar-refractivity contribution is 7.89. The molecule has 0 amide bonds. The molecule has 108 valence electrons. The molecule has 0 bridgehead atoms. The molecule has 1 atom stereocenters. The lowest BCUT2D eigenvalue weighted by molar-refractivity contribution is 0.263. The van der Waals surface area contributed by atoms with Gasteiger partial charge in [-0.2, -0.15) is 0 Å². The first-order valence-corrected chi connectivity index (χ1v) is 7.71. The molecule has 7 heteroatoms. The molecule has 0 aliphatic heterocycles. The predicted molar refractivity (Wildman–Crippen MR) is 74.1 cm³/mol. The molecule has 0 aromatic heterocycles. The van der Waals surface area contributed by atoms with Crippen LogP contribution >= 0.6 is 11.6 Å². The van der Waals surface area contributed by atoms with Gasteiger partial charge in [0.1, 0.15) is 10.6 Å². The van der Waals surface area contributed by atoms with Gasteiger partial charge < -0.3 is 9.84 Å². The van der Waals surface area contributed by atoms with Gasteiger partial charge in [-0.15, -0.1) is 0 Å². The number of rotatable bonds is 7. The van der Waals surface area contributed by atoms with E-state index in [0.717, 1.165) is 0 Å². The van der Waals surface area contributed by atoms with E-state index in [0.29, 0.717) is 11.4 Å². The van der Waals surface area contributed by atoms with Crippen molar-refractivity contribution in [2.45, 2.75) is 18.2 Å². The number of sulfonamides is 1. The van der Waals surface area contributed by atoms with Gasteiger partial charge in [-0.3, -0.25) is 0 Å². The third-order valence-corrected chi connectivity index (χ3v) is 4.36. The first-order valence-electron chi connectivity index (χ1n) is 5.84. The molecule has 0 aliphatic rings. The van der Waals surface area contributed by atoms with Crippen molar-refractivity contribution in [3.05, 3.63) is 23.2 Å². The average Bonchev–Trinajstić information content (AvgIpc) is 2.36. The van der Waals surface area contributed by atoms with Crippen molar-refractivity contribution in [3.63, 3.8) is 0 Å². The molecule has 1 rings (SSSR count). The molecule has 0 saturated heterocycles. The van der Waals surface area contributed by atoms with Crippen LogP contribution in [0.2, 0.25) is 5.02 Å². The molecule has 1 aromatic rings. The lowest BCUT2D eigenvalue weighted by atomic mass is 10.1. The number of aliphatic hydroxyl groups is 1. The minimum Gasteiger partial charge on any atom is -0.495 e. The largest absolute Gasteiger partial charge is 0.495 e. The summed E-state index contributed by atoms with van der Waals surface area (Å²) in [5.74, 6) is 0.257. The van der Waals surface area contributed by atoms with Gasteiger partial charge in [0.25, 0.3) is 0 Å². The summed E-state index contributed by atoms with van der Waals surface area (Å²) in [5, 5.41) is 9.19. The zero-order valence-electron chi connectivity index (χ0n) is 10.9. The normalized spacial score (nSPS) is 13.3. The minimum atomic E-state index is -3.65. The van der Waals surface area contributed by atoms with E-state index in [2.05, 4.69) is 4.72 Å². The quantitative estimate of drug-likeness (QED) is 0.803. The molecule has 0 saturated carbocycles. The van der Waals surface area contributed by atoms with Gasteiger partial charge >= 0.3 is 0 Å². The SMILES string of the molecule is COc1cc(Cl)ccc1S(=O)(=O)NCC(C)CCO. The second-order valence-corrected chi connectivity index (χ2v) is 6.44.